The Bertz CT molecular complexity index is 301. The van der Waals surface area contributed by atoms with Crippen LogP contribution < -0.4 is 5.32 Å². The van der Waals surface area contributed by atoms with E-state index >= 15 is 0 Å². The summed E-state index contributed by atoms with van der Waals surface area (Å²) in [5, 5.41) is 11.8. The molecule has 0 heterocycles. The van der Waals surface area contributed by atoms with E-state index in [4.69, 9.17) is 5.11 Å². The molecule has 1 unspecified atom stereocenters. The van der Waals surface area contributed by atoms with Crippen LogP contribution in [0.25, 0.3) is 0 Å². The predicted octanol–water partition coefficient (Wildman–Crippen LogP) is 1.09. The number of carboxylic acids is 1. The maximum Gasteiger partial charge on any atom is 0.317 e. The first-order valence-electron chi connectivity index (χ1n) is 6.74. The number of likely N-dealkylation sites (N-methyl/N-ethyl adjacent to an activating group) is 1. The first kappa shape index (κ1) is 15.0. The van der Waals surface area contributed by atoms with E-state index in [1.165, 1.54) is 0 Å². The molecule has 104 valence electrons. The van der Waals surface area contributed by atoms with Gasteiger partial charge in [-0.25, -0.2) is 0 Å². The van der Waals surface area contributed by atoms with Crippen LogP contribution in [0, 0.1) is 5.92 Å². The summed E-state index contributed by atoms with van der Waals surface area (Å²) in [6, 6.07) is 0.521. The number of rotatable bonds is 7. The Balaban J connectivity index is 2.30. The Labute approximate surface area is 109 Å². The van der Waals surface area contributed by atoms with E-state index in [0.29, 0.717) is 6.04 Å². The lowest BCUT2D eigenvalue weighted by molar-refractivity contribution is -0.140. The van der Waals surface area contributed by atoms with Crippen LogP contribution in [0.4, 0.5) is 0 Å². The number of amides is 1. The van der Waals surface area contributed by atoms with E-state index in [1.54, 1.807) is 0 Å². The molecule has 0 spiro atoms. The average Bonchev–Trinajstić information content (AvgIpc) is 2.28. The predicted molar refractivity (Wildman–Crippen MR) is 69.3 cm³/mol. The summed E-state index contributed by atoms with van der Waals surface area (Å²) in [5.74, 6) is -0.614. The Hall–Kier alpha value is -1.10. The van der Waals surface area contributed by atoms with Gasteiger partial charge in [0.25, 0.3) is 0 Å². The number of hydrogen-bond acceptors (Lipinski definition) is 3. The van der Waals surface area contributed by atoms with Crippen molar-refractivity contribution < 1.29 is 14.7 Å². The highest BCUT2D eigenvalue weighted by Gasteiger charge is 2.34. The van der Waals surface area contributed by atoms with E-state index in [2.05, 4.69) is 5.32 Å². The molecule has 5 nitrogen and oxygen atoms in total. The smallest absolute Gasteiger partial charge is 0.317 e. The summed E-state index contributed by atoms with van der Waals surface area (Å²) in [7, 11) is 0. The summed E-state index contributed by atoms with van der Waals surface area (Å²) < 4.78 is 0. The molecule has 1 atom stereocenters. The van der Waals surface area contributed by atoms with Gasteiger partial charge < -0.3 is 10.4 Å². The van der Waals surface area contributed by atoms with Gasteiger partial charge in [-0.3, -0.25) is 14.5 Å². The second-order valence-electron chi connectivity index (χ2n) is 5.10. The van der Waals surface area contributed by atoms with Gasteiger partial charge in [-0.15, -0.1) is 0 Å². The number of hydrogen-bond donors (Lipinski definition) is 2. The lowest BCUT2D eigenvalue weighted by atomic mass is 9.85. The van der Waals surface area contributed by atoms with Crippen LogP contribution in [0.3, 0.4) is 0 Å². The minimum absolute atomic E-state index is 0.0605. The second-order valence-corrected chi connectivity index (χ2v) is 5.10. The molecule has 2 N–H and O–H groups in total. The lowest BCUT2D eigenvalue weighted by Crippen LogP contribution is -2.55. The molecule has 0 bridgehead atoms. The Kier molecular flexibility index (Phi) is 5.59. The van der Waals surface area contributed by atoms with E-state index < -0.39 is 5.97 Å². The molecule has 0 radical (unpaired) electrons. The number of carbonyl (C=O) groups is 2. The molecular formula is C13H24N2O3. The fourth-order valence-corrected chi connectivity index (χ4v) is 2.21. The molecule has 0 aromatic carbocycles. The van der Waals surface area contributed by atoms with Gasteiger partial charge in [0.2, 0.25) is 5.91 Å². The first-order chi connectivity index (χ1) is 8.47. The fraction of sp³-hybridized carbons (Fsp3) is 0.846. The normalized spacial score (nSPS) is 24.4. The largest absolute Gasteiger partial charge is 0.480 e. The van der Waals surface area contributed by atoms with Crippen LogP contribution in [-0.2, 0) is 9.59 Å². The molecule has 1 rings (SSSR count). The number of nitrogens with one attached hydrogen (secondary N) is 1. The van der Waals surface area contributed by atoms with Crippen molar-refractivity contribution >= 4 is 11.9 Å². The van der Waals surface area contributed by atoms with Gasteiger partial charge in [0.05, 0.1) is 6.54 Å². The van der Waals surface area contributed by atoms with E-state index in [1.807, 2.05) is 25.7 Å². The zero-order chi connectivity index (χ0) is 13.7. The van der Waals surface area contributed by atoms with Gasteiger partial charge in [0, 0.05) is 18.0 Å². The maximum atomic E-state index is 11.7. The van der Waals surface area contributed by atoms with E-state index in [0.717, 1.165) is 25.8 Å². The minimum atomic E-state index is -0.788. The monoisotopic (exact) mass is 256 g/mol. The molecule has 5 heteroatoms. The number of carbonyl (C=O) groups excluding carboxylic acids is 1. The molecule has 1 saturated carbocycles. The van der Waals surface area contributed by atoms with E-state index in [9.17, 15) is 9.59 Å². The van der Waals surface area contributed by atoms with Crippen LogP contribution in [0.15, 0.2) is 0 Å². The van der Waals surface area contributed by atoms with Crippen LogP contribution in [0.2, 0.25) is 0 Å². The fourth-order valence-electron chi connectivity index (χ4n) is 2.21. The molecule has 0 aliphatic heterocycles. The average molecular weight is 256 g/mol. The van der Waals surface area contributed by atoms with Crippen molar-refractivity contribution in [1.82, 2.24) is 10.2 Å². The van der Waals surface area contributed by atoms with Gasteiger partial charge in [0.1, 0.15) is 0 Å². The molecule has 1 amide bonds. The molecular weight excluding hydrogens is 232 g/mol. The third-order valence-electron chi connectivity index (χ3n) is 3.78. The minimum Gasteiger partial charge on any atom is -0.480 e. The van der Waals surface area contributed by atoms with E-state index in [-0.39, 0.29) is 24.4 Å². The zero-order valence-electron chi connectivity index (χ0n) is 11.5. The highest BCUT2D eigenvalue weighted by atomic mass is 16.4. The zero-order valence-corrected chi connectivity index (χ0v) is 11.5. The number of carboxylic acid groups (broad SMARTS) is 1. The Morgan fingerprint density at radius 2 is 2.00 bits per heavy atom. The Morgan fingerprint density at radius 1 is 1.39 bits per heavy atom. The quantitative estimate of drug-likeness (QED) is 0.715. The molecule has 18 heavy (non-hydrogen) atoms. The molecule has 1 aliphatic rings. The summed E-state index contributed by atoms with van der Waals surface area (Å²) in [5.41, 5.74) is 0. The van der Waals surface area contributed by atoms with Gasteiger partial charge in [-0.05, 0) is 25.8 Å². The van der Waals surface area contributed by atoms with Gasteiger partial charge in [-0.1, -0.05) is 20.8 Å². The van der Waals surface area contributed by atoms with Crippen molar-refractivity contribution in [2.45, 2.75) is 52.1 Å². The van der Waals surface area contributed by atoms with Crippen molar-refractivity contribution in [3.63, 3.8) is 0 Å². The molecule has 0 aromatic rings. The summed E-state index contributed by atoms with van der Waals surface area (Å²) >= 11 is 0. The number of aliphatic carboxylic acids is 1. The highest BCUT2D eigenvalue weighted by Crippen LogP contribution is 2.25. The summed E-state index contributed by atoms with van der Waals surface area (Å²) in [6.45, 7) is 6.72. The molecule has 0 saturated heterocycles. The van der Waals surface area contributed by atoms with Crippen LogP contribution in [-0.4, -0.2) is 47.1 Å². The highest BCUT2D eigenvalue weighted by molar-refractivity contribution is 5.78. The van der Waals surface area contributed by atoms with Crippen LogP contribution >= 0.6 is 0 Å². The Morgan fingerprint density at radius 3 is 2.44 bits per heavy atom. The molecule has 0 aromatic heterocycles. The first-order valence-corrected chi connectivity index (χ1v) is 6.74. The van der Waals surface area contributed by atoms with Crippen LogP contribution in [0.5, 0.6) is 0 Å². The third kappa shape index (κ3) is 3.98. The second kappa shape index (κ2) is 6.73. The summed E-state index contributed by atoms with van der Waals surface area (Å²) in [4.78, 5) is 24.3. The van der Waals surface area contributed by atoms with Gasteiger partial charge >= 0.3 is 5.97 Å². The maximum absolute atomic E-state index is 11.7. The lowest BCUT2D eigenvalue weighted by Gasteiger charge is -2.42. The van der Waals surface area contributed by atoms with Crippen molar-refractivity contribution in [1.29, 1.82) is 0 Å². The van der Waals surface area contributed by atoms with Crippen molar-refractivity contribution in [2.75, 3.05) is 13.1 Å². The summed E-state index contributed by atoms with van der Waals surface area (Å²) in [6.07, 6.45) is 2.58. The van der Waals surface area contributed by atoms with Gasteiger partial charge in [-0.2, -0.15) is 0 Å². The van der Waals surface area contributed by atoms with Gasteiger partial charge in [0.15, 0.2) is 0 Å². The molecule has 1 aliphatic carbocycles. The number of nitrogens with zero attached hydrogens (tertiary/aromatic N) is 1. The van der Waals surface area contributed by atoms with Crippen molar-refractivity contribution in [3.8, 4) is 0 Å². The van der Waals surface area contributed by atoms with Crippen molar-refractivity contribution in [2.24, 2.45) is 5.92 Å². The molecule has 1 fully saturated rings. The standard InChI is InChI=1S/C13H24N2O3/c1-4-9(3)13(18)14-10-6-11(7-10)15(5-2)8-12(16)17/h9-11H,4-8H2,1-3H3,(H,14,18)(H,16,17). The topological polar surface area (TPSA) is 69.6 Å². The van der Waals surface area contributed by atoms with Crippen molar-refractivity contribution in [3.05, 3.63) is 0 Å². The van der Waals surface area contributed by atoms with Crippen LogP contribution in [0.1, 0.15) is 40.0 Å². The third-order valence-corrected chi connectivity index (χ3v) is 3.78. The SMILES string of the molecule is CCC(C)C(=O)NC1CC(N(CC)CC(=O)O)C1.